The van der Waals surface area contributed by atoms with Gasteiger partial charge in [-0.2, -0.15) is 5.26 Å². The molecule has 0 spiro atoms. The molecule has 0 amide bonds. The molecule has 2 aromatic carbocycles. The Morgan fingerprint density at radius 2 is 1.76 bits per heavy atom. The third kappa shape index (κ3) is 3.00. The Balaban J connectivity index is 2.27. The van der Waals surface area contributed by atoms with E-state index in [2.05, 4.69) is 11.4 Å². The molecule has 108 valence electrons. The standard InChI is InChI=1S/C16H16N2O3/c1-20-13-7-3-5-11(9-17)15(13)18-10-12-6-4-8-14(21-2)16(12)19/h3-8,18-19H,10H2,1-2H3. The van der Waals surface area contributed by atoms with Gasteiger partial charge < -0.3 is 19.9 Å². The number of benzene rings is 2. The van der Waals surface area contributed by atoms with Crippen molar-refractivity contribution in [2.75, 3.05) is 19.5 Å². The maximum atomic E-state index is 10.1. The SMILES string of the molecule is COc1cccc(CNc2c(C#N)cccc2OC)c1O. The van der Waals surface area contributed by atoms with E-state index in [1.165, 1.54) is 7.11 Å². The van der Waals surface area contributed by atoms with Gasteiger partial charge in [-0.05, 0) is 18.2 Å². The molecule has 2 rings (SSSR count). The molecule has 0 bridgehead atoms. The molecule has 5 nitrogen and oxygen atoms in total. The second-order valence-corrected chi connectivity index (χ2v) is 4.32. The third-order valence-corrected chi connectivity index (χ3v) is 3.12. The van der Waals surface area contributed by atoms with Gasteiger partial charge in [-0.15, -0.1) is 0 Å². The number of hydrogen-bond acceptors (Lipinski definition) is 5. The van der Waals surface area contributed by atoms with E-state index in [-0.39, 0.29) is 5.75 Å². The van der Waals surface area contributed by atoms with Gasteiger partial charge in [0, 0.05) is 12.1 Å². The van der Waals surface area contributed by atoms with Gasteiger partial charge in [-0.1, -0.05) is 18.2 Å². The van der Waals surface area contributed by atoms with Gasteiger partial charge >= 0.3 is 0 Å². The summed E-state index contributed by atoms with van der Waals surface area (Å²) in [7, 11) is 3.05. The molecular formula is C16H16N2O3. The zero-order valence-electron chi connectivity index (χ0n) is 11.9. The molecule has 0 saturated carbocycles. The van der Waals surface area contributed by atoms with Crippen LogP contribution in [0.3, 0.4) is 0 Å². The number of methoxy groups -OCH3 is 2. The summed E-state index contributed by atoms with van der Waals surface area (Å²) in [4.78, 5) is 0. The van der Waals surface area contributed by atoms with Gasteiger partial charge in [-0.3, -0.25) is 0 Å². The van der Waals surface area contributed by atoms with Gasteiger partial charge in [0.25, 0.3) is 0 Å². The first-order valence-corrected chi connectivity index (χ1v) is 6.37. The molecule has 0 unspecified atom stereocenters. The number of nitrogens with zero attached hydrogens (tertiary/aromatic N) is 1. The second kappa shape index (κ2) is 6.53. The first-order chi connectivity index (χ1) is 10.2. The van der Waals surface area contributed by atoms with Crippen LogP contribution >= 0.6 is 0 Å². The van der Waals surface area contributed by atoms with E-state index in [1.807, 2.05) is 0 Å². The number of nitrogens with one attached hydrogen (secondary N) is 1. The monoisotopic (exact) mass is 284 g/mol. The highest BCUT2D eigenvalue weighted by molar-refractivity contribution is 5.66. The number of phenolic OH excluding ortho intramolecular Hbond substituents is 1. The summed E-state index contributed by atoms with van der Waals surface area (Å²) < 4.78 is 10.3. The minimum absolute atomic E-state index is 0.0842. The maximum absolute atomic E-state index is 10.1. The van der Waals surface area contributed by atoms with Crippen molar-refractivity contribution in [3.8, 4) is 23.3 Å². The lowest BCUT2D eigenvalue weighted by atomic mass is 10.1. The van der Waals surface area contributed by atoms with Gasteiger partial charge in [0.05, 0.1) is 25.5 Å². The Hall–Kier alpha value is -2.87. The van der Waals surface area contributed by atoms with Crippen molar-refractivity contribution in [1.29, 1.82) is 5.26 Å². The summed E-state index contributed by atoms with van der Waals surface area (Å²) >= 11 is 0. The Morgan fingerprint density at radius 3 is 2.43 bits per heavy atom. The van der Waals surface area contributed by atoms with Gasteiger partial charge in [0.15, 0.2) is 11.5 Å². The van der Waals surface area contributed by atoms with E-state index < -0.39 is 0 Å². The van der Waals surface area contributed by atoms with E-state index in [1.54, 1.807) is 43.5 Å². The Bertz CT molecular complexity index is 678. The molecule has 2 N–H and O–H groups in total. The van der Waals surface area contributed by atoms with E-state index in [0.717, 1.165) is 0 Å². The number of aromatic hydroxyl groups is 1. The first-order valence-electron chi connectivity index (χ1n) is 6.37. The number of anilines is 1. The number of phenols is 1. The topological polar surface area (TPSA) is 74.5 Å². The maximum Gasteiger partial charge on any atom is 0.162 e. The lowest BCUT2D eigenvalue weighted by Gasteiger charge is -2.14. The van der Waals surface area contributed by atoms with Crippen LogP contribution in [0.2, 0.25) is 0 Å². The van der Waals surface area contributed by atoms with E-state index in [4.69, 9.17) is 14.7 Å². The number of nitriles is 1. The molecule has 21 heavy (non-hydrogen) atoms. The summed E-state index contributed by atoms with van der Waals surface area (Å²) in [6.45, 7) is 0.345. The van der Waals surface area contributed by atoms with Crippen LogP contribution < -0.4 is 14.8 Å². The van der Waals surface area contributed by atoms with Crippen LogP contribution in [-0.2, 0) is 6.54 Å². The van der Waals surface area contributed by atoms with Crippen LogP contribution in [0, 0.1) is 11.3 Å². The molecule has 0 radical (unpaired) electrons. The molecule has 0 aliphatic carbocycles. The highest BCUT2D eigenvalue weighted by Gasteiger charge is 2.11. The molecule has 0 aliphatic rings. The van der Waals surface area contributed by atoms with Crippen molar-refractivity contribution in [1.82, 2.24) is 0 Å². The van der Waals surface area contributed by atoms with Crippen LogP contribution in [0.4, 0.5) is 5.69 Å². The molecule has 0 aliphatic heterocycles. The van der Waals surface area contributed by atoms with Crippen LogP contribution in [0.5, 0.6) is 17.2 Å². The van der Waals surface area contributed by atoms with Crippen molar-refractivity contribution < 1.29 is 14.6 Å². The number of ether oxygens (including phenoxy) is 2. The Labute approximate surface area is 123 Å². The molecule has 2 aromatic rings. The minimum Gasteiger partial charge on any atom is -0.504 e. The highest BCUT2D eigenvalue weighted by Crippen LogP contribution is 2.32. The van der Waals surface area contributed by atoms with Gasteiger partial charge in [0.2, 0.25) is 0 Å². The lowest BCUT2D eigenvalue weighted by Crippen LogP contribution is -2.04. The third-order valence-electron chi connectivity index (χ3n) is 3.12. The number of rotatable bonds is 5. The fourth-order valence-corrected chi connectivity index (χ4v) is 2.04. The average molecular weight is 284 g/mol. The van der Waals surface area contributed by atoms with Crippen molar-refractivity contribution in [2.24, 2.45) is 0 Å². The Kier molecular flexibility index (Phi) is 4.52. The molecule has 0 fully saturated rings. The number of para-hydroxylation sites is 2. The lowest BCUT2D eigenvalue weighted by molar-refractivity contribution is 0.371. The fourth-order valence-electron chi connectivity index (χ4n) is 2.04. The zero-order valence-corrected chi connectivity index (χ0v) is 11.9. The van der Waals surface area contributed by atoms with E-state index >= 15 is 0 Å². The average Bonchev–Trinajstić information content (AvgIpc) is 2.53. The summed E-state index contributed by atoms with van der Waals surface area (Å²) in [5.74, 6) is 1.08. The quantitative estimate of drug-likeness (QED) is 0.883. The molecule has 0 saturated heterocycles. The summed E-state index contributed by atoms with van der Waals surface area (Å²) in [6.07, 6.45) is 0. The normalized spacial score (nSPS) is 9.76. The summed E-state index contributed by atoms with van der Waals surface area (Å²) in [6, 6.07) is 12.6. The number of hydrogen-bond donors (Lipinski definition) is 2. The van der Waals surface area contributed by atoms with Crippen LogP contribution in [-0.4, -0.2) is 19.3 Å². The van der Waals surface area contributed by atoms with Crippen molar-refractivity contribution >= 4 is 5.69 Å². The smallest absolute Gasteiger partial charge is 0.162 e. The second-order valence-electron chi connectivity index (χ2n) is 4.32. The first kappa shape index (κ1) is 14.5. The molecule has 0 atom stereocenters. The Morgan fingerprint density at radius 1 is 1.10 bits per heavy atom. The molecule has 0 heterocycles. The fraction of sp³-hybridized carbons (Fsp3) is 0.188. The molecule has 5 heteroatoms. The predicted molar refractivity (Wildman–Crippen MR) is 79.7 cm³/mol. The summed E-state index contributed by atoms with van der Waals surface area (Å²) in [5.41, 5.74) is 1.76. The molecule has 0 aromatic heterocycles. The van der Waals surface area contributed by atoms with Crippen molar-refractivity contribution in [3.63, 3.8) is 0 Å². The van der Waals surface area contributed by atoms with Crippen LogP contribution in [0.15, 0.2) is 36.4 Å². The highest BCUT2D eigenvalue weighted by atomic mass is 16.5. The largest absolute Gasteiger partial charge is 0.504 e. The van der Waals surface area contributed by atoms with Crippen LogP contribution in [0.1, 0.15) is 11.1 Å². The summed E-state index contributed by atoms with van der Waals surface area (Å²) in [5, 5.41) is 22.3. The zero-order chi connectivity index (χ0) is 15.2. The van der Waals surface area contributed by atoms with E-state index in [0.29, 0.717) is 34.9 Å². The van der Waals surface area contributed by atoms with Crippen molar-refractivity contribution in [2.45, 2.75) is 6.54 Å². The van der Waals surface area contributed by atoms with Gasteiger partial charge in [0.1, 0.15) is 11.8 Å². The molecular weight excluding hydrogens is 268 g/mol. The van der Waals surface area contributed by atoms with E-state index in [9.17, 15) is 5.11 Å². The minimum atomic E-state index is 0.0842. The van der Waals surface area contributed by atoms with Crippen LogP contribution in [0.25, 0.3) is 0 Å². The van der Waals surface area contributed by atoms with Crippen molar-refractivity contribution in [3.05, 3.63) is 47.5 Å². The predicted octanol–water partition coefficient (Wildman–Crippen LogP) is 2.89. The van der Waals surface area contributed by atoms with Gasteiger partial charge in [-0.25, -0.2) is 0 Å².